The van der Waals surface area contributed by atoms with E-state index in [9.17, 15) is 9.59 Å². The van der Waals surface area contributed by atoms with Crippen molar-refractivity contribution in [3.05, 3.63) is 12.2 Å². The van der Waals surface area contributed by atoms with Crippen LogP contribution in [0.1, 0.15) is 40.5 Å². The van der Waals surface area contributed by atoms with Gasteiger partial charge in [-0.2, -0.15) is 0 Å². The molecule has 0 aromatic rings. The molecule has 104 valence electrons. The lowest BCUT2D eigenvalue weighted by Crippen LogP contribution is -2.36. The fourth-order valence-electron chi connectivity index (χ4n) is 1.02. The SMILES string of the molecule is C=C(C)C(=O)OCC(CC)OC(=O)NC(C)CC. The Labute approximate surface area is 109 Å². The van der Waals surface area contributed by atoms with Crippen LogP contribution in [0.15, 0.2) is 12.2 Å². The van der Waals surface area contributed by atoms with Gasteiger partial charge in [0.25, 0.3) is 0 Å². The van der Waals surface area contributed by atoms with Crippen molar-refractivity contribution in [1.29, 1.82) is 0 Å². The van der Waals surface area contributed by atoms with E-state index in [1.807, 2.05) is 20.8 Å². The van der Waals surface area contributed by atoms with Crippen LogP contribution in [0, 0.1) is 0 Å². The summed E-state index contributed by atoms with van der Waals surface area (Å²) in [6.07, 6.45) is 0.494. The second-order valence-electron chi connectivity index (χ2n) is 4.27. The van der Waals surface area contributed by atoms with E-state index in [1.165, 1.54) is 0 Å². The van der Waals surface area contributed by atoms with Gasteiger partial charge in [0.15, 0.2) is 0 Å². The van der Waals surface area contributed by atoms with E-state index in [0.29, 0.717) is 12.0 Å². The summed E-state index contributed by atoms with van der Waals surface area (Å²) in [6, 6.07) is 0.0629. The molecule has 0 heterocycles. The van der Waals surface area contributed by atoms with Crippen LogP contribution in [-0.2, 0) is 14.3 Å². The van der Waals surface area contributed by atoms with Gasteiger partial charge in [-0.05, 0) is 26.7 Å². The van der Waals surface area contributed by atoms with E-state index in [2.05, 4.69) is 11.9 Å². The highest BCUT2D eigenvalue weighted by Gasteiger charge is 2.16. The number of rotatable bonds is 7. The summed E-state index contributed by atoms with van der Waals surface area (Å²) in [5, 5.41) is 2.69. The summed E-state index contributed by atoms with van der Waals surface area (Å²) >= 11 is 0. The fourth-order valence-corrected chi connectivity index (χ4v) is 1.02. The molecule has 5 nitrogen and oxygen atoms in total. The topological polar surface area (TPSA) is 64.6 Å². The van der Waals surface area contributed by atoms with Crippen molar-refractivity contribution < 1.29 is 19.1 Å². The highest BCUT2D eigenvalue weighted by Crippen LogP contribution is 2.02. The van der Waals surface area contributed by atoms with Crippen LogP contribution in [0.5, 0.6) is 0 Å². The van der Waals surface area contributed by atoms with Gasteiger partial charge in [-0.25, -0.2) is 9.59 Å². The molecule has 0 aliphatic heterocycles. The summed E-state index contributed by atoms with van der Waals surface area (Å²) in [7, 11) is 0. The van der Waals surface area contributed by atoms with Gasteiger partial charge >= 0.3 is 12.1 Å². The van der Waals surface area contributed by atoms with E-state index in [-0.39, 0.29) is 12.6 Å². The van der Waals surface area contributed by atoms with Crippen LogP contribution in [-0.4, -0.2) is 30.8 Å². The summed E-state index contributed by atoms with van der Waals surface area (Å²) in [5.74, 6) is -0.473. The number of alkyl carbamates (subject to hydrolysis) is 1. The molecule has 2 unspecified atom stereocenters. The zero-order valence-corrected chi connectivity index (χ0v) is 11.6. The van der Waals surface area contributed by atoms with Gasteiger partial charge in [-0.1, -0.05) is 20.4 Å². The number of amides is 1. The molecule has 18 heavy (non-hydrogen) atoms. The van der Waals surface area contributed by atoms with Crippen molar-refractivity contribution in [1.82, 2.24) is 5.32 Å². The molecule has 0 aliphatic carbocycles. The smallest absolute Gasteiger partial charge is 0.407 e. The minimum atomic E-state index is -0.484. The molecule has 0 radical (unpaired) electrons. The predicted octanol–water partition coefficient (Wildman–Crippen LogP) is 2.41. The number of esters is 1. The van der Waals surface area contributed by atoms with Crippen LogP contribution in [0.2, 0.25) is 0 Å². The molecule has 0 spiro atoms. The maximum atomic E-state index is 11.5. The maximum absolute atomic E-state index is 11.5. The Bertz CT molecular complexity index is 301. The molecule has 5 heteroatoms. The first kappa shape index (κ1) is 16.5. The minimum Gasteiger partial charge on any atom is -0.458 e. The molecule has 0 bridgehead atoms. The van der Waals surface area contributed by atoms with Crippen molar-refractivity contribution in [2.45, 2.75) is 52.7 Å². The van der Waals surface area contributed by atoms with Gasteiger partial charge < -0.3 is 14.8 Å². The van der Waals surface area contributed by atoms with Crippen LogP contribution in [0.4, 0.5) is 4.79 Å². The van der Waals surface area contributed by atoms with Crippen molar-refractivity contribution in [2.24, 2.45) is 0 Å². The van der Waals surface area contributed by atoms with Crippen LogP contribution >= 0.6 is 0 Å². The molecular formula is C13H23NO4. The third-order valence-corrected chi connectivity index (χ3v) is 2.45. The summed E-state index contributed by atoms with van der Waals surface area (Å²) in [6.45, 7) is 10.8. The average Bonchev–Trinajstić information content (AvgIpc) is 2.33. The largest absolute Gasteiger partial charge is 0.458 e. The molecule has 0 saturated heterocycles. The van der Waals surface area contributed by atoms with E-state index in [1.54, 1.807) is 6.92 Å². The Kier molecular flexibility index (Phi) is 7.83. The Morgan fingerprint density at radius 1 is 1.28 bits per heavy atom. The molecule has 0 fully saturated rings. The number of nitrogens with one attached hydrogen (secondary N) is 1. The Morgan fingerprint density at radius 2 is 1.89 bits per heavy atom. The number of carbonyl (C=O) groups is 2. The van der Waals surface area contributed by atoms with Crippen molar-refractivity contribution in [3.63, 3.8) is 0 Å². The van der Waals surface area contributed by atoms with Crippen molar-refractivity contribution in [3.8, 4) is 0 Å². The lowest BCUT2D eigenvalue weighted by Gasteiger charge is -2.18. The number of carbonyl (C=O) groups excluding carboxylic acids is 2. The average molecular weight is 257 g/mol. The van der Waals surface area contributed by atoms with Gasteiger partial charge in [0.1, 0.15) is 12.7 Å². The second kappa shape index (κ2) is 8.55. The standard InChI is InChI=1S/C13H23NO4/c1-6-10(5)14-13(16)18-11(7-2)8-17-12(15)9(3)4/h10-11H,3,6-8H2,1-2,4-5H3,(H,14,16). The normalized spacial score (nSPS) is 13.3. The minimum absolute atomic E-state index is 0.0517. The molecule has 0 saturated carbocycles. The quantitative estimate of drug-likeness (QED) is 0.562. The highest BCUT2D eigenvalue weighted by molar-refractivity contribution is 5.86. The van der Waals surface area contributed by atoms with Gasteiger partial charge in [0.2, 0.25) is 0 Å². The van der Waals surface area contributed by atoms with E-state index in [0.717, 1.165) is 6.42 Å². The monoisotopic (exact) mass is 257 g/mol. The van der Waals surface area contributed by atoms with Gasteiger partial charge in [-0.15, -0.1) is 0 Å². The van der Waals surface area contributed by atoms with E-state index in [4.69, 9.17) is 9.47 Å². The molecule has 0 rings (SSSR count). The predicted molar refractivity (Wildman–Crippen MR) is 69.2 cm³/mol. The molecule has 0 aliphatic rings. The Balaban J connectivity index is 4.07. The Hall–Kier alpha value is -1.52. The first-order valence-corrected chi connectivity index (χ1v) is 6.20. The number of hydrogen-bond acceptors (Lipinski definition) is 4. The zero-order valence-electron chi connectivity index (χ0n) is 11.6. The van der Waals surface area contributed by atoms with Crippen molar-refractivity contribution >= 4 is 12.1 Å². The highest BCUT2D eigenvalue weighted by atomic mass is 16.6. The molecule has 1 N–H and O–H groups in total. The molecule has 2 atom stereocenters. The third-order valence-electron chi connectivity index (χ3n) is 2.45. The number of hydrogen-bond donors (Lipinski definition) is 1. The fraction of sp³-hybridized carbons (Fsp3) is 0.692. The lowest BCUT2D eigenvalue weighted by atomic mass is 10.3. The van der Waals surface area contributed by atoms with Crippen LogP contribution < -0.4 is 5.32 Å². The second-order valence-corrected chi connectivity index (χ2v) is 4.27. The van der Waals surface area contributed by atoms with Crippen LogP contribution in [0.3, 0.4) is 0 Å². The van der Waals surface area contributed by atoms with Gasteiger partial charge in [0, 0.05) is 11.6 Å². The summed E-state index contributed by atoms with van der Waals surface area (Å²) in [5.41, 5.74) is 0.328. The van der Waals surface area contributed by atoms with Crippen LogP contribution in [0.25, 0.3) is 0 Å². The van der Waals surface area contributed by atoms with E-state index >= 15 is 0 Å². The van der Waals surface area contributed by atoms with Gasteiger partial charge in [0.05, 0.1) is 0 Å². The first-order chi connectivity index (χ1) is 8.40. The first-order valence-electron chi connectivity index (χ1n) is 6.20. The lowest BCUT2D eigenvalue weighted by molar-refractivity contribution is -0.142. The maximum Gasteiger partial charge on any atom is 0.407 e. The molecule has 1 amide bonds. The summed E-state index contributed by atoms with van der Waals surface area (Å²) < 4.78 is 10.1. The van der Waals surface area contributed by atoms with E-state index < -0.39 is 18.2 Å². The van der Waals surface area contributed by atoms with Crippen molar-refractivity contribution in [2.75, 3.05) is 6.61 Å². The third kappa shape index (κ3) is 6.93. The Morgan fingerprint density at radius 3 is 2.33 bits per heavy atom. The summed E-state index contributed by atoms with van der Waals surface area (Å²) in [4.78, 5) is 22.7. The van der Waals surface area contributed by atoms with Gasteiger partial charge in [-0.3, -0.25) is 0 Å². The molecule has 0 aromatic heterocycles. The number of ether oxygens (including phenoxy) is 2. The zero-order chi connectivity index (χ0) is 14.1. The molecular weight excluding hydrogens is 234 g/mol. The molecule has 0 aromatic carbocycles.